The maximum Gasteiger partial charge on any atom is 0.303 e. The van der Waals surface area contributed by atoms with Crippen molar-refractivity contribution < 1.29 is 67.5 Å². The molecular formula is C47H72N2O15S3. The van der Waals surface area contributed by atoms with Gasteiger partial charge in [-0.1, -0.05) is 39.0 Å². The van der Waals surface area contributed by atoms with Crippen LogP contribution in [0.4, 0.5) is 11.4 Å². The van der Waals surface area contributed by atoms with Crippen molar-refractivity contribution in [3.8, 4) is 5.75 Å². The SMILES string of the molecule is COCCOCCOCCOCCN(CCCS(=O)OC)c1ccc(/C(=C\C/C=C/C=C2/N(CCCS(=O)(=O)OC)c3ccc(S(=O)(=O)OC)cc3C2(C)CCCC(=O)O)C(C)(C)C)c(O)c1. The van der Waals surface area contributed by atoms with Crippen molar-refractivity contribution in [3.05, 3.63) is 77.5 Å². The van der Waals surface area contributed by atoms with Crippen molar-refractivity contribution in [2.45, 2.75) is 76.5 Å². The fraction of sp³-hybridized carbons (Fsp3) is 0.596. The molecule has 0 bridgehead atoms. The number of carbonyl (C=O) groups is 1. The number of anilines is 2. The molecule has 67 heavy (non-hydrogen) atoms. The molecule has 2 aromatic carbocycles. The van der Waals surface area contributed by atoms with E-state index in [1.54, 1.807) is 25.3 Å². The number of fused-ring (bicyclic) bond motifs is 1. The fourth-order valence-electron chi connectivity index (χ4n) is 7.74. The van der Waals surface area contributed by atoms with Crippen LogP contribution in [0.1, 0.15) is 77.3 Å². The lowest BCUT2D eigenvalue weighted by Crippen LogP contribution is -2.30. The van der Waals surface area contributed by atoms with Gasteiger partial charge in [0.1, 0.15) is 5.75 Å². The van der Waals surface area contributed by atoms with Gasteiger partial charge in [-0.15, -0.1) is 0 Å². The summed E-state index contributed by atoms with van der Waals surface area (Å²) in [5.74, 6) is -0.753. The Labute approximate surface area is 401 Å². The zero-order chi connectivity index (χ0) is 49.7. The second kappa shape index (κ2) is 28.1. The Morgan fingerprint density at radius 3 is 2.13 bits per heavy atom. The van der Waals surface area contributed by atoms with Gasteiger partial charge in [-0.05, 0) is 92.0 Å². The van der Waals surface area contributed by atoms with Gasteiger partial charge < -0.3 is 39.0 Å². The molecular weight excluding hydrogens is 929 g/mol. The Morgan fingerprint density at radius 2 is 1.54 bits per heavy atom. The summed E-state index contributed by atoms with van der Waals surface area (Å²) in [5, 5.41) is 21.1. The maximum absolute atomic E-state index is 12.8. The van der Waals surface area contributed by atoms with E-state index < -0.39 is 42.7 Å². The lowest BCUT2D eigenvalue weighted by atomic mass is 9.77. The molecule has 2 unspecified atom stereocenters. The number of aromatic hydroxyl groups is 1. The minimum atomic E-state index is -4.07. The molecule has 0 saturated heterocycles. The number of hydrogen-bond donors (Lipinski definition) is 2. The number of rotatable bonds is 33. The van der Waals surface area contributed by atoms with Gasteiger partial charge in [0.2, 0.25) is 0 Å². The summed E-state index contributed by atoms with van der Waals surface area (Å²) in [4.78, 5) is 15.6. The van der Waals surface area contributed by atoms with Crippen molar-refractivity contribution in [3.63, 3.8) is 0 Å². The van der Waals surface area contributed by atoms with Gasteiger partial charge in [0.25, 0.3) is 20.2 Å². The van der Waals surface area contributed by atoms with Crippen LogP contribution in [0.5, 0.6) is 5.75 Å². The summed E-state index contributed by atoms with van der Waals surface area (Å²) in [7, 11) is -2.61. The molecule has 0 saturated carbocycles. The monoisotopic (exact) mass is 1000 g/mol. The van der Waals surface area contributed by atoms with Crippen LogP contribution in [0.15, 0.2) is 71.3 Å². The van der Waals surface area contributed by atoms with E-state index in [4.69, 9.17) is 27.3 Å². The lowest BCUT2D eigenvalue weighted by Gasteiger charge is -2.30. The van der Waals surface area contributed by atoms with Crippen LogP contribution in [-0.2, 0) is 73.0 Å². The lowest BCUT2D eigenvalue weighted by molar-refractivity contribution is -0.137. The smallest absolute Gasteiger partial charge is 0.303 e. The summed E-state index contributed by atoms with van der Waals surface area (Å²) >= 11 is -1.40. The van der Waals surface area contributed by atoms with Gasteiger partial charge in [0, 0.05) is 67.3 Å². The molecule has 378 valence electrons. The number of carboxylic acid groups (broad SMARTS) is 1. The third kappa shape index (κ3) is 18.3. The van der Waals surface area contributed by atoms with E-state index in [0.717, 1.165) is 31.2 Å². The largest absolute Gasteiger partial charge is 0.507 e. The molecule has 1 heterocycles. The third-order valence-electron chi connectivity index (χ3n) is 11.2. The first-order valence-corrected chi connectivity index (χ1v) is 26.5. The average molecular weight is 1000 g/mol. The highest BCUT2D eigenvalue weighted by Gasteiger charge is 2.44. The van der Waals surface area contributed by atoms with E-state index in [1.165, 1.54) is 13.2 Å². The van der Waals surface area contributed by atoms with Gasteiger partial charge >= 0.3 is 5.97 Å². The zero-order valence-corrected chi connectivity index (χ0v) is 42.8. The second-order valence-electron chi connectivity index (χ2n) is 16.9. The summed E-state index contributed by atoms with van der Waals surface area (Å²) in [6.45, 7) is 12.6. The summed E-state index contributed by atoms with van der Waals surface area (Å²) in [6.07, 6.45) is 9.58. The summed E-state index contributed by atoms with van der Waals surface area (Å²) < 4.78 is 98.5. The second-order valence-corrected chi connectivity index (χ2v) is 21.9. The van der Waals surface area contributed by atoms with Gasteiger partial charge in [0.15, 0.2) is 11.1 Å². The Hall–Kier alpha value is -3.70. The van der Waals surface area contributed by atoms with Crippen molar-refractivity contribution in [1.82, 2.24) is 0 Å². The number of nitrogens with zero attached hydrogens (tertiary/aromatic N) is 2. The first-order chi connectivity index (χ1) is 31.7. The van der Waals surface area contributed by atoms with E-state index in [2.05, 4.69) is 29.9 Å². The summed E-state index contributed by atoms with van der Waals surface area (Å²) in [6, 6.07) is 10.2. The normalized spacial score (nSPS) is 16.9. The van der Waals surface area contributed by atoms with E-state index in [0.29, 0.717) is 108 Å². The molecule has 2 atom stereocenters. The Morgan fingerprint density at radius 1 is 0.866 bits per heavy atom. The van der Waals surface area contributed by atoms with E-state index in [9.17, 15) is 36.1 Å². The first kappa shape index (κ1) is 57.6. The number of phenolic OH excluding ortho intramolecular Hbond substituents is 1. The number of phenols is 1. The number of carboxylic acids is 1. The molecule has 0 amide bonds. The van der Waals surface area contributed by atoms with Gasteiger partial charge in [-0.2, -0.15) is 16.8 Å². The van der Waals surface area contributed by atoms with Gasteiger partial charge in [-0.25, -0.2) is 4.21 Å². The molecule has 1 aliphatic rings. The molecule has 17 nitrogen and oxygen atoms in total. The molecule has 20 heteroatoms. The van der Waals surface area contributed by atoms with Crippen molar-refractivity contribution in [2.24, 2.45) is 5.41 Å². The van der Waals surface area contributed by atoms with Gasteiger partial charge in [-0.3, -0.25) is 17.3 Å². The van der Waals surface area contributed by atoms with E-state index in [1.807, 2.05) is 48.3 Å². The molecule has 0 spiro atoms. The highest BCUT2D eigenvalue weighted by Crippen LogP contribution is 2.51. The molecule has 2 N–H and O–H groups in total. The van der Waals surface area contributed by atoms with E-state index in [-0.39, 0.29) is 41.2 Å². The molecule has 0 radical (unpaired) electrons. The molecule has 1 aliphatic heterocycles. The Balaban J connectivity index is 1.91. The molecule has 2 aromatic rings. The molecule has 0 aliphatic carbocycles. The number of hydrogen-bond acceptors (Lipinski definition) is 16. The van der Waals surface area contributed by atoms with Crippen LogP contribution in [0.25, 0.3) is 5.57 Å². The van der Waals surface area contributed by atoms with Crippen LogP contribution in [0.2, 0.25) is 0 Å². The van der Waals surface area contributed by atoms with Crippen LogP contribution < -0.4 is 9.80 Å². The topological polar surface area (TPSA) is 214 Å². The highest BCUT2D eigenvalue weighted by molar-refractivity contribution is 7.87. The number of methoxy groups -OCH3 is 1. The number of benzene rings is 2. The van der Waals surface area contributed by atoms with Crippen molar-refractivity contribution in [1.29, 1.82) is 0 Å². The van der Waals surface area contributed by atoms with Crippen molar-refractivity contribution >= 4 is 54.2 Å². The van der Waals surface area contributed by atoms with Crippen LogP contribution >= 0.6 is 0 Å². The minimum absolute atomic E-state index is 0.0526. The fourth-order valence-corrected chi connectivity index (χ4v) is 9.61. The molecule has 3 rings (SSSR count). The average Bonchev–Trinajstić information content (AvgIpc) is 3.50. The molecule has 0 fully saturated rings. The number of aliphatic carboxylic acids is 1. The van der Waals surface area contributed by atoms with Crippen LogP contribution in [0, 0.1) is 5.41 Å². The Kier molecular flexibility index (Phi) is 24.2. The third-order valence-corrected chi connectivity index (χ3v) is 14.8. The predicted molar refractivity (Wildman–Crippen MR) is 261 cm³/mol. The van der Waals surface area contributed by atoms with E-state index >= 15 is 0 Å². The first-order valence-electron chi connectivity index (χ1n) is 22.3. The Bertz CT molecular complexity index is 2220. The van der Waals surface area contributed by atoms with Crippen LogP contribution in [-0.4, -0.2) is 143 Å². The number of allylic oxidation sites excluding steroid dienone is 6. The molecule has 0 aromatic heterocycles. The predicted octanol–water partition coefficient (Wildman–Crippen LogP) is 6.59. The maximum atomic E-state index is 12.8. The van der Waals surface area contributed by atoms with Crippen molar-refractivity contribution in [2.75, 3.05) is 116 Å². The number of ether oxygens (including phenoxy) is 4. The standard InChI is InChI=1S/C47H72N2O15S3/c1-46(2,3)40(39-20-18-37(35-43(39)50)48(23-13-33-65(53)59-6)25-26-62-29-30-64-32-31-63-28-27-58-5)15-10-9-11-16-44-47(4,22-12-17-45(51)52)41-36-38(67(56,57)61-8)19-21-42(41)49(44)24-14-34-66(54,55)60-7/h9,11,15-16,18-21,35-36,50H,10,12-14,17,22-34H2,1-8H3,(H,51,52)/b11-9+,40-15+,44-16+. The summed E-state index contributed by atoms with van der Waals surface area (Å²) in [5.41, 5.74) is 3.18. The quantitative estimate of drug-likeness (QED) is 0.0570. The van der Waals surface area contributed by atoms with Gasteiger partial charge in [0.05, 0.1) is 84.0 Å². The minimum Gasteiger partial charge on any atom is -0.507 e. The highest BCUT2D eigenvalue weighted by atomic mass is 32.2. The van der Waals surface area contributed by atoms with Crippen LogP contribution in [0.3, 0.4) is 0 Å². The zero-order valence-electron chi connectivity index (χ0n) is 40.3.